The van der Waals surface area contributed by atoms with E-state index in [1.165, 1.54) is 0 Å². The molecular weight excluding hydrogens is 246 g/mol. The van der Waals surface area contributed by atoms with Crippen LogP contribution in [0.2, 0.25) is 0 Å². The number of amides is 1. The number of rotatable bonds is 6. The van der Waals surface area contributed by atoms with Crippen molar-refractivity contribution in [2.75, 3.05) is 27.4 Å². The fourth-order valence-electron chi connectivity index (χ4n) is 1.79. The third-order valence-corrected chi connectivity index (χ3v) is 2.74. The van der Waals surface area contributed by atoms with Gasteiger partial charge in [-0.3, -0.25) is 0 Å². The smallest absolute Gasteiger partial charge is 0.407 e. The first kappa shape index (κ1) is 15.1. The van der Waals surface area contributed by atoms with Gasteiger partial charge in [-0.2, -0.15) is 0 Å². The Bertz CT molecular complexity index is 432. The van der Waals surface area contributed by atoms with Crippen LogP contribution in [0.3, 0.4) is 0 Å². The summed E-state index contributed by atoms with van der Waals surface area (Å²) >= 11 is 0. The molecule has 0 saturated heterocycles. The van der Waals surface area contributed by atoms with Crippen LogP contribution in [0, 0.1) is 6.92 Å². The van der Waals surface area contributed by atoms with Gasteiger partial charge >= 0.3 is 6.09 Å². The summed E-state index contributed by atoms with van der Waals surface area (Å²) in [6.45, 7) is 4.59. The molecule has 1 rings (SSSR count). The molecule has 0 atom stereocenters. The predicted octanol–water partition coefficient (Wildman–Crippen LogP) is 2.30. The number of carbonyl (C=O) groups is 1. The lowest BCUT2D eigenvalue weighted by molar-refractivity contribution is 0.152. The highest BCUT2D eigenvalue weighted by Gasteiger charge is 2.09. The van der Waals surface area contributed by atoms with E-state index in [0.29, 0.717) is 19.6 Å². The molecule has 0 aromatic heterocycles. The van der Waals surface area contributed by atoms with Crippen molar-refractivity contribution in [3.05, 3.63) is 23.3 Å². The van der Waals surface area contributed by atoms with Gasteiger partial charge in [-0.1, -0.05) is 0 Å². The second kappa shape index (κ2) is 7.51. The highest BCUT2D eigenvalue weighted by atomic mass is 16.5. The van der Waals surface area contributed by atoms with Gasteiger partial charge in [0.05, 0.1) is 20.8 Å². The van der Waals surface area contributed by atoms with Crippen molar-refractivity contribution in [2.45, 2.75) is 20.3 Å². The molecular formula is C14H21NO4. The minimum absolute atomic E-state index is 0.369. The number of hydrogen-bond donors (Lipinski definition) is 1. The summed E-state index contributed by atoms with van der Waals surface area (Å²) in [6, 6.07) is 3.86. The molecule has 0 spiro atoms. The molecule has 5 nitrogen and oxygen atoms in total. The molecule has 0 aliphatic heterocycles. The highest BCUT2D eigenvalue weighted by Crippen LogP contribution is 2.28. The molecule has 0 radical (unpaired) electrons. The van der Waals surface area contributed by atoms with E-state index in [1.807, 2.05) is 19.1 Å². The van der Waals surface area contributed by atoms with Crippen LogP contribution in [0.15, 0.2) is 12.1 Å². The Hall–Kier alpha value is -1.91. The first-order valence-corrected chi connectivity index (χ1v) is 6.24. The molecule has 0 aliphatic carbocycles. The van der Waals surface area contributed by atoms with E-state index in [-0.39, 0.29) is 0 Å². The lowest BCUT2D eigenvalue weighted by Crippen LogP contribution is -2.26. The van der Waals surface area contributed by atoms with Gasteiger partial charge in [0.25, 0.3) is 0 Å². The largest absolute Gasteiger partial charge is 0.496 e. The van der Waals surface area contributed by atoms with Gasteiger partial charge < -0.3 is 19.5 Å². The predicted molar refractivity (Wildman–Crippen MR) is 73.0 cm³/mol. The van der Waals surface area contributed by atoms with E-state index in [1.54, 1.807) is 21.1 Å². The number of hydrogen-bond acceptors (Lipinski definition) is 4. The monoisotopic (exact) mass is 267 g/mol. The van der Waals surface area contributed by atoms with Crippen molar-refractivity contribution >= 4 is 6.09 Å². The zero-order chi connectivity index (χ0) is 14.3. The molecule has 0 fully saturated rings. The van der Waals surface area contributed by atoms with E-state index in [0.717, 1.165) is 22.6 Å². The molecule has 0 unspecified atom stereocenters. The maximum atomic E-state index is 11.2. The molecule has 0 bridgehead atoms. The Morgan fingerprint density at radius 1 is 1.21 bits per heavy atom. The summed E-state index contributed by atoms with van der Waals surface area (Å²) < 4.78 is 15.4. The zero-order valence-corrected chi connectivity index (χ0v) is 11.9. The molecule has 0 heterocycles. The van der Waals surface area contributed by atoms with Gasteiger partial charge in [-0.25, -0.2) is 4.79 Å². The summed E-state index contributed by atoms with van der Waals surface area (Å²) in [5.41, 5.74) is 2.00. The molecule has 0 saturated carbocycles. The Labute approximate surface area is 113 Å². The van der Waals surface area contributed by atoms with Crippen LogP contribution in [0.5, 0.6) is 11.5 Å². The quantitative estimate of drug-likeness (QED) is 0.859. The summed E-state index contributed by atoms with van der Waals surface area (Å²) in [5, 5.41) is 2.68. The number of methoxy groups -OCH3 is 2. The molecule has 0 aliphatic rings. The number of ether oxygens (including phenoxy) is 3. The van der Waals surface area contributed by atoms with Crippen LogP contribution in [0.4, 0.5) is 4.79 Å². The highest BCUT2D eigenvalue weighted by molar-refractivity contribution is 5.67. The van der Waals surface area contributed by atoms with Crippen LogP contribution < -0.4 is 14.8 Å². The first-order chi connectivity index (χ1) is 9.12. The zero-order valence-electron chi connectivity index (χ0n) is 11.9. The normalized spacial score (nSPS) is 9.89. The Morgan fingerprint density at radius 2 is 1.89 bits per heavy atom. The average molecular weight is 267 g/mol. The summed E-state index contributed by atoms with van der Waals surface area (Å²) in [4.78, 5) is 11.2. The van der Waals surface area contributed by atoms with E-state index in [4.69, 9.17) is 14.2 Å². The minimum atomic E-state index is -0.402. The fourth-order valence-corrected chi connectivity index (χ4v) is 1.79. The maximum absolute atomic E-state index is 11.2. The summed E-state index contributed by atoms with van der Waals surface area (Å²) in [7, 11) is 3.26. The number of alkyl carbamates (subject to hydrolysis) is 1. The molecule has 1 aromatic carbocycles. The van der Waals surface area contributed by atoms with Gasteiger partial charge in [0, 0.05) is 6.54 Å². The van der Waals surface area contributed by atoms with Gasteiger partial charge in [-0.15, -0.1) is 0 Å². The number of benzene rings is 1. The average Bonchev–Trinajstić information content (AvgIpc) is 2.40. The van der Waals surface area contributed by atoms with Gasteiger partial charge in [0.15, 0.2) is 0 Å². The third-order valence-electron chi connectivity index (χ3n) is 2.74. The van der Waals surface area contributed by atoms with Crippen molar-refractivity contribution in [3.63, 3.8) is 0 Å². The lowest BCUT2D eigenvalue weighted by Gasteiger charge is -2.13. The van der Waals surface area contributed by atoms with E-state index in [9.17, 15) is 4.79 Å². The van der Waals surface area contributed by atoms with Crippen LogP contribution >= 0.6 is 0 Å². The van der Waals surface area contributed by atoms with Crippen molar-refractivity contribution in [2.24, 2.45) is 0 Å². The second-order valence-corrected chi connectivity index (χ2v) is 4.03. The van der Waals surface area contributed by atoms with Crippen LogP contribution in [0.1, 0.15) is 18.1 Å². The van der Waals surface area contributed by atoms with Gasteiger partial charge in [0.2, 0.25) is 0 Å². The van der Waals surface area contributed by atoms with Crippen molar-refractivity contribution in [1.82, 2.24) is 5.32 Å². The number of nitrogens with one attached hydrogen (secondary N) is 1. The topological polar surface area (TPSA) is 56.8 Å². The summed E-state index contributed by atoms with van der Waals surface area (Å²) in [6.07, 6.45) is 0.249. The van der Waals surface area contributed by atoms with Crippen molar-refractivity contribution in [1.29, 1.82) is 0 Å². The maximum Gasteiger partial charge on any atom is 0.407 e. The number of carbonyl (C=O) groups excluding carboxylic acids is 1. The van der Waals surface area contributed by atoms with Gasteiger partial charge in [-0.05, 0) is 43.5 Å². The molecule has 1 N–H and O–H groups in total. The number of aryl methyl sites for hydroxylation is 1. The molecule has 19 heavy (non-hydrogen) atoms. The van der Waals surface area contributed by atoms with E-state index >= 15 is 0 Å². The minimum Gasteiger partial charge on any atom is -0.496 e. The Kier molecular flexibility index (Phi) is 5.99. The first-order valence-electron chi connectivity index (χ1n) is 6.24. The molecule has 5 heteroatoms. The van der Waals surface area contributed by atoms with E-state index < -0.39 is 6.09 Å². The SMILES string of the molecule is CCOC(=O)NCCc1cc(OC)c(C)cc1OC. The molecule has 1 aromatic rings. The third kappa shape index (κ3) is 4.35. The Morgan fingerprint density at radius 3 is 2.47 bits per heavy atom. The second-order valence-electron chi connectivity index (χ2n) is 4.03. The van der Waals surface area contributed by atoms with Gasteiger partial charge in [0.1, 0.15) is 11.5 Å². The van der Waals surface area contributed by atoms with Crippen molar-refractivity contribution < 1.29 is 19.0 Å². The van der Waals surface area contributed by atoms with E-state index in [2.05, 4.69) is 5.32 Å². The Balaban J connectivity index is 2.68. The standard InChI is InChI=1S/C14H21NO4/c1-5-19-14(16)15-7-6-11-9-12(17-3)10(2)8-13(11)18-4/h8-9H,5-7H2,1-4H3,(H,15,16). The van der Waals surface area contributed by atoms with Crippen LogP contribution in [-0.2, 0) is 11.2 Å². The molecule has 106 valence electrons. The van der Waals surface area contributed by atoms with Crippen molar-refractivity contribution in [3.8, 4) is 11.5 Å². The summed E-state index contributed by atoms with van der Waals surface area (Å²) in [5.74, 6) is 1.61. The lowest BCUT2D eigenvalue weighted by atomic mass is 10.1. The van der Waals surface area contributed by atoms with Crippen LogP contribution in [0.25, 0.3) is 0 Å². The fraction of sp³-hybridized carbons (Fsp3) is 0.500. The van der Waals surface area contributed by atoms with Crippen LogP contribution in [-0.4, -0.2) is 33.5 Å². The molecule has 1 amide bonds.